The third-order valence-corrected chi connectivity index (χ3v) is 4.20. The maximum Gasteiger partial charge on any atom is 0.308 e. The van der Waals surface area contributed by atoms with Gasteiger partial charge < -0.3 is 14.6 Å². The molecule has 24 heavy (non-hydrogen) atoms. The van der Waals surface area contributed by atoms with Crippen molar-refractivity contribution >= 4 is 23.3 Å². The van der Waals surface area contributed by atoms with Crippen molar-refractivity contribution in [1.82, 2.24) is 4.57 Å². The summed E-state index contributed by atoms with van der Waals surface area (Å²) in [6.07, 6.45) is 1.77. The fraction of sp³-hybridized carbons (Fsp3) is 0.278. The van der Waals surface area contributed by atoms with Crippen LogP contribution in [0.25, 0.3) is 0 Å². The Kier molecular flexibility index (Phi) is 4.20. The molecule has 0 spiro atoms. The van der Waals surface area contributed by atoms with E-state index in [1.165, 1.54) is 7.11 Å². The number of carbonyl (C=O) groups is 2. The van der Waals surface area contributed by atoms with Crippen molar-refractivity contribution in [1.29, 1.82) is 0 Å². The Morgan fingerprint density at radius 1 is 1.33 bits per heavy atom. The van der Waals surface area contributed by atoms with Crippen LogP contribution in [0, 0.1) is 6.92 Å². The molecule has 124 valence electrons. The quantitative estimate of drug-likeness (QED) is 0.878. The van der Waals surface area contributed by atoms with Gasteiger partial charge in [0.05, 0.1) is 24.9 Å². The molecule has 0 bridgehead atoms. The second-order valence-corrected chi connectivity index (χ2v) is 5.74. The summed E-state index contributed by atoms with van der Waals surface area (Å²) in [7, 11) is 3.22. The summed E-state index contributed by atoms with van der Waals surface area (Å²) >= 11 is 0. The number of aryl methyl sites for hydroxylation is 1. The second kappa shape index (κ2) is 6.31. The van der Waals surface area contributed by atoms with Crippen molar-refractivity contribution < 1.29 is 14.3 Å². The first-order valence-corrected chi connectivity index (χ1v) is 7.68. The molecule has 2 heterocycles. The van der Waals surface area contributed by atoms with E-state index in [9.17, 15) is 9.59 Å². The average Bonchev–Trinajstić information content (AvgIpc) is 2.77. The summed E-state index contributed by atoms with van der Waals surface area (Å²) in [5, 5.41) is 2.88. The summed E-state index contributed by atoms with van der Waals surface area (Å²) in [4.78, 5) is 28.7. The van der Waals surface area contributed by atoms with E-state index in [1.54, 1.807) is 0 Å². The zero-order valence-electron chi connectivity index (χ0n) is 13.9. The summed E-state index contributed by atoms with van der Waals surface area (Å²) < 4.78 is 6.64. The first-order valence-electron chi connectivity index (χ1n) is 7.68. The van der Waals surface area contributed by atoms with E-state index >= 15 is 0 Å². The van der Waals surface area contributed by atoms with E-state index in [4.69, 9.17) is 4.74 Å². The topological polar surface area (TPSA) is 72.7 Å². The highest BCUT2D eigenvalue weighted by Crippen LogP contribution is 2.29. The van der Waals surface area contributed by atoms with E-state index in [0.717, 1.165) is 16.8 Å². The number of hydrogen-bond donors (Lipinski definition) is 1. The van der Waals surface area contributed by atoms with Gasteiger partial charge in [0, 0.05) is 30.1 Å². The highest BCUT2D eigenvalue weighted by Gasteiger charge is 2.30. The van der Waals surface area contributed by atoms with Crippen molar-refractivity contribution in [2.75, 3.05) is 12.4 Å². The van der Waals surface area contributed by atoms with Crippen molar-refractivity contribution in [2.45, 2.75) is 19.4 Å². The van der Waals surface area contributed by atoms with Gasteiger partial charge in [-0.15, -0.1) is 0 Å². The van der Waals surface area contributed by atoms with Crippen LogP contribution in [-0.4, -0.2) is 35.3 Å². The Labute approximate surface area is 140 Å². The van der Waals surface area contributed by atoms with Crippen LogP contribution in [0.3, 0.4) is 0 Å². The van der Waals surface area contributed by atoms with E-state index in [1.807, 2.05) is 55.1 Å². The molecular weight excluding hydrogens is 306 g/mol. The molecular formula is C18H19N3O3. The van der Waals surface area contributed by atoms with Crippen molar-refractivity contribution in [3.05, 3.63) is 53.3 Å². The van der Waals surface area contributed by atoms with Gasteiger partial charge >= 0.3 is 5.97 Å². The first-order chi connectivity index (χ1) is 11.5. The molecule has 1 amide bonds. The molecule has 6 heteroatoms. The third kappa shape index (κ3) is 2.82. The number of anilines is 1. The van der Waals surface area contributed by atoms with E-state index in [0.29, 0.717) is 11.4 Å². The fourth-order valence-corrected chi connectivity index (χ4v) is 2.81. The Morgan fingerprint density at radius 2 is 2.04 bits per heavy atom. The number of aliphatic imine (C=N–C) groups is 1. The predicted octanol–water partition coefficient (Wildman–Crippen LogP) is 2.05. The Morgan fingerprint density at radius 3 is 2.71 bits per heavy atom. The number of nitrogens with one attached hydrogen (secondary N) is 1. The molecule has 2 aromatic rings. The summed E-state index contributed by atoms with van der Waals surface area (Å²) in [5.41, 5.74) is 4.18. The lowest BCUT2D eigenvalue weighted by Crippen LogP contribution is -2.28. The van der Waals surface area contributed by atoms with E-state index in [2.05, 4.69) is 10.3 Å². The zero-order valence-corrected chi connectivity index (χ0v) is 13.9. The van der Waals surface area contributed by atoms with Gasteiger partial charge in [-0.1, -0.05) is 30.3 Å². The molecule has 0 radical (unpaired) electrons. The van der Waals surface area contributed by atoms with Gasteiger partial charge in [0.25, 0.3) is 0 Å². The Balaban J connectivity index is 2.16. The number of carbonyl (C=O) groups excluding carboxylic acids is 2. The van der Waals surface area contributed by atoms with Crippen LogP contribution in [-0.2, 0) is 21.4 Å². The highest BCUT2D eigenvalue weighted by molar-refractivity contribution is 6.20. The summed E-state index contributed by atoms with van der Waals surface area (Å²) in [5.74, 6) is -0.770. The molecule has 1 aliphatic heterocycles. The van der Waals surface area contributed by atoms with E-state index in [-0.39, 0.29) is 12.3 Å². The second-order valence-electron chi connectivity index (χ2n) is 5.74. The molecule has 1 aliphatic rings. The smallest absolute Gasteiger partial charge is 0.308 e. The molecule has 6 nitrogen and oxygen atoms in total. The lowest BCUT2D eigenvalue weighted by molar-refractivity contribution is -0.142. The van der Waals surface area contributed by atoms with Gasteiger partial charge in [0.1, 0.15) is 6.04 Å². The number of methoxy groups -OCH3 is 1. The molecule has 0 aliphatic carbocycles. The molecule has 0 saturated heterocycles. The number of amides is 1. The number of ether oxygens (including phenoxy) is 1. The average molecular weight is 325 g/mol. The lowest BCUT2D eigenvalue weighted by atomic mass is 10.0. The SMILES string of the molecule is COC(=O)CC1N=C(c2ccccc2)c2c(cn(C)c2C)NC1=O. The number of rotatable bonds is 3. The van der Waals surface area contributed by atoms with Crippen molar-refractivity contribution in [3.63, 3.8) is 0 Å². The molecule has 1 unspecified atom stereocenters. The maximum atomic E-state index is 12.5. The minimum atomic E-state index is -0.815. The van der Waals surface area contributed by atoms with Gasteiger partial charge in [-0.25, -0.2) is 0 Å². The molecule has 1 aromatic carbocycles. The molecule has 3 rings (SSSR count). The van der Waals surface area contributed by atoms with Crippen molar-refractivity contribution in [2.24, 2.45) is 12.0 Å². The molecule has 1 N–H and O–H groups in total. The molecule has 0 fully saturated rings. The van der Waals surface area contributed by atoms with Crippen LogP contribution in [0.2, 0.25) is 0 Å². The number of nitrogens with zero attached hydrogens (tertiary/aromatic N) is 2. The summed E-state index contributed by atoms with van der Waals surface area (Å²) in [6.45, 7) is 1.98. The number of hydrogen-bond acceptors (Lipinski definition) is 4. The van der Waals surface area contributed by atoms with Gasteiger partial charge in [0.2, 0.25) is 5.91 Å². The monoisotopic (exact) mass is 325 g/mol. The lowest BCUT2D eigenvalue weighted by Gasteiger charge is -2.11. The fourth-order valence-electron chi connectivity index (χ4n) is 2.81. The van der Waals surface area contributed by atoms with Crippen LogP contribution in [0.4, 0.5) is 5.69 Å². The number of esters is 1. The molecule has 0 saturated carbocycles. The molecule has 1 aromatic heterocycles. The Hall–Kier alpha value is -2.89. The minimum absolute atomic E-state index is 0.0892. The highest BCUT2D eigenvalue weighted by atomic mass is 16.5. The standard InChI is InChI=1S/C18H19N3O3/c1-11-16-14(10-21(11)2)20-18(23)13(9-15(22)24-3)19-17(16)12-7-5-4-6-8-12/h4-8,10,13H,9H2,1-3H3,(H,20,23). The third-order valence-electron chi connectivity index (χ3n) is 4.20. The van der Waals surface area contributed by atoms with Crippen LogP contribution >= 0.6 is 0 Å². The van der Waals surface area contributed by atoms with Crippen molar-refractivity contribution in [3.8, 4) is 0 Å². The predicted molar refractivity (Wildman–Crippen MR) is 91.3 cm³/mol. The zero-order chi connectivity index (χ0) is 17.3. The Bertz CT molecular complexity index is 822. The van der Waals surface area contributed by atoms with Crippen LogP contribution < -0.4 is 5.32 Å². The van der Waals surface area contributed by atoms with Gasteiger partial charge in [-0.2, -0.15) is 0 Å². The van der Waals surface area contributed by atoms with Crippen LogP contribution in [0.1, 0.15) is 23.2 Å². The number of aromatic nitrogens is 1. The molecule has 1 atom stereocenters. The largest absolute Gasteiger partial charge is 0.469 e. The van der Waals surface area contributed by atoms with Gasteiger partial charge in [-0.05, 0) is 6.92 Å². The van der Waals surface area contributed by atoms with Crippen LogP contribution in [0.5, 0.6) is 0 Å². The summed E-state index contributed by atoms with van der Waals surface area (Å²) in [6, 6.07) is 8.84. The van der Waals surface area contributed by atoms with Crippen LogP contribution in [0.15, 0.2) is 41.5 Å². The minimum Gasteiger partial charge on any atom is -0.469 e. The normalized spacial score (nSPS) is 16.7. The first kappa shape index (κ1) is 16.0. The van der Waals surface area contributed by atoms with E-state index < -0.39 is 12.0 Å². The number of fused-ring (bicyclic) bond motifs is 1. The van der Waals surface area contributed by atoms with Gasteiger partial charge in [-0.3, -0.25) is 14.6 Å². The maximum absolute atomic E-state index is 12.5. The number of benzene rings is 1. The van der Waals surface area contributed by atoms with Gasteiger partial charge in [0.15, 0.2) is 0 Å².